The fourth-order valence-electron chi connectivity index (χ4n) is 7.00. The lowest BCUT2D eigenvalue weighted by Gasteiger charge is -2.48. The van der Waals surface area contributed by atoms with Gasteiger partial charge in [-0.05, 0) is 56.2 Å². The fourth-order valence-corrected chi connectivity index (χ4v) is 7.00. The van der Waals surface area contributed by atoms with Crippen molar-refractivity contribution in [1.29, 1.82) is 5.26 Å². The average Bonchev–Trinajstić information content (AvgIpc) is 3.54. The number of hydrogen-bond donors (Lipinski definition) is 2. The summed E-state index contributed by atoms with van der Waals surface area (Å²) in [6, 6.07) is 16.1. The average molecular weight is 633 g/mol. The zero-order chi connectivity index (χ0) is 32.2. The van der Waals surface area contributed by atoms with Crippen LogP contribution < -0.4 is 20.4 Å². The third-order valence-corrected chi connectivity index (χ3v) is 9.63. The van der Waals surface area contributed by atoms with Crippen LogP contribution in [0.3, 0.4) is 0 Å². The first kappa shape index (κ1) is 30.6. The van der Waals surface area contributed by atoms with E-state index in [1.54, 1.807) is 17.1 Å². The normalized spacial score (nSPS) is 22.3. The molecule has 0 bridgehead atoms. The van der Waals surface area contributed by atoms with Gasteiger partial charge in [-0.15, -0.1) is 0 Å². The van der Waals surface area contributed by atoms with Gasteiger partial charge in [-0.2, -0.15) is 15.3 Å². The lowest BCUT2D eigenvalue weighted by Crippen LogP contribution is -2.56. The van der Waals surface area contributed by atoms with Crippen molar-refractivity contribution in [2.45, 2.75) is 69.2 Å². The minimum Gasteiger partial charge on any atom is -0.373 e. The first-order chi connectivity index (χ1) is 23.0. The second kappa shape index (κ2) is 13.4. The van der Waals surface area contributed by atoms with Crippen molar-refractivity contribution >= 4 is 23.6 Å². The largest absolute Gasteiger partial charge is 0.373 e. The maximum absolute atomic E-state index is 13.8. The summed E-state index contributed by atoms with van der Waals surface area (Å²) < 4.78 is 7.71. The highest BCUT2D eigenvalue weighted by molar-refractivity contribution is 5.91. The molecule has 1 unspecified atom stereocenters. The summed E-state index contributed by atoms with van der Waals surface area (Å²) >= 11 is 0. The molecular formula is C35H40N10O2. The van der Waals surface area contributed by atoms with Crippen LogP contribution in [-0.2, 0) is 18.3 Å². The second-order valence-electron chi connectivity index (χ2n) is 12.8. The number of carbonyl (C=O) groups excluding carboxylic acids is 1. The van der Waals surface area contributed by atoms with Crippen molar-refractivity contribution in [3.8, 4) is 17.2 Å². The molecule has 242 valence electrons. The minimum absolute atomic E-state index is 0.0231. The quantitative estimate of drug-likeness (QED) is 0.274. The Morgan fingerprint density at radius 2 is 1.89 bits per heavy atom. The van der Waals surface area contributed by atoms with Gasteiger partial charge in [-0.3, -0.25) is 9.58 Å². The van der Waals surface area contributed by atoms with Gasteiger partial charge in [0.1, 0.15) is 17.5 Å². The summed E-state index contributed by atoms with van der Waals surface area (Å²) in [5.74, 6) is 1.83. The molecule has 1 saturated carbocycles. The molecule has 0 radical (unpaired) electrons. The number of benzene rings is 1. The maximum Gasteiger partial charge on any atom is 0.323 e. The number of ether oxygens (including phenoxy) is 1. The van der Waals surface area contributed by atoms with Gasteiger partial charge in [0.25, 0.3) is 0 Å². The predicted octanol–water partition coefficient (Wildman–Crippen LogP) is 5.04. The van der Waals surface area contributed by atoms with Crippen molar-refractivity contribution in [1.82, 2.24) is 30.0 Å². The number of amides is 2. The van der Waals surface area contributed by atoms with Crippen LogP contribution >= 0.6 is 0 Å². The number of rotatable bonds is 8. The number of carbonyl (C=O) groups is 1. The third-order valence-electron chi connectivity index (χ3n) is 9.63. The molecule has 4 aromatic rings. The van der Waals surface area contributed by atoms with Crippen LogP contribution in [0.1, 0.15) is 56.1 Å². The van der Waals surface area contributed by atoms with Gasteiger partial charge >= 0.3 is 6.03 Å². The van der Waals surface area contributed by atoms with Crippen molar-refractivity contribution in [2.75, 3.05) is 34.8 Å². The smallest absolute Gasteiger partial charge is 0.323 e. The van der Waals surface area contributed by atoms with Crippen LogP contribution in [0.2, 0.25) is 0 Å². The van der Waals surface area contributed by atoms with E-state index in [1.807, 2.05) is 66.8 Å². The summed E-state index contributed by atoms with van der Waals surface area (Å²) in [6.45, 7) is 2.84. The lowest BCUT2D eigenvalue weighted by atomic mass is 9.86. The predicted molar refractivity (Wildman–Crippen MR) is 179 cm³/mol. The van der Waals surface area contributed by atoms with E-state index in [9.17, 15) is 10.1 Å². The highest BCUT2D eigenvalue weighted by Gasteiger charge is 2.43. The molecule has 2 amide bonds. The third kappa shape index (κ3) is 6.76. The highest BCUT2D eigenvalue weighted by Crippen LogP contribution is 2.37. The summed E-state index contributed by atoms with van der Waals surface area (Å²) in [7, 11) is 1.88. The Bertz CT molecular complexity index is 1720. The van der Waals surface area contributed by atoms with Crippen LogP contribution in [0.4, 0.5) is 22.4 Å². The van der Waals surface area contributed by atoms with Gasteiger partial charge in [0.2, 0.25) is 5.95 Å². The molecule has 1 aliphatic carbocycles. The molecule has 2 saturated heterocycles. The molecule has 3 aromatic heterocycles. The zero-order valence-corrected chi connectivity index (χ0v) is 26.7. The summed E-state index contributed by atoms with van der Waals surface area (Å²) in [5.41, 5.74) is 3.34. The van der Waals surface area contributed by atoms with E-state index in [-0.39, 0.29) is 23.7 Å². The van der Waals surface area contributed by atoms with Gasteiger partial charge in [-0.25, -0.2) is 14.8 Å². The number of aryl methyl sites for hydroxylation is 1. The molecule has 1 spiro atoms. The number of nitrogens with one attached hydrogen (secondary N) is 2. The van der Waals surface area contributed by atoms with Crippen molar-refractivity contribution < 1.29 is 9.53 Å². The standard InChI is InChI=1S/C35H40N10O2/c1-43-23-28(22-40-43)26-8-13-31(37-20-26)45(34(46)39-19-25-6-3-2-4-7-25)30-11-9-29(10-12-30)41-33-38-21-27(18-36)32(42-33)44-16-5-14-35(24-44)15-17-47-35/h2-4,6-8,13,20-23,29-30H,5,9-12,14-17,19,24H2,1H3,(H,39,46)(H,38,41,42). The molecule has 2 N–H and O–H groups in total. The number of piperidine rings is 1. The van der Waals surface area contributed by atoms with Crippen LogP contribution in [-0.4, -0.2) is 68.1 Å². The van der Waals surface area contributed by atoms with Crippen molar-refractivity contribution in [3.63, 3.8) is 0 Å². The number of aromatic nitrogens is 5. The Hall–Kier alpha value is -5.02. The number of nitriles is 1. The first-order valence-corrected chi connectivity index (χ1v) is 16.5. The molecule has 12 heteroatoms. The van der Waals surface area contributed by atoms with E-state index in [0.717, 1.165) is 81.3 Å². The van der Waals surface area contributed by atoms with Crippen molar-refractivity contribution in [3.05, 3.63) is 78.4 Å². The van der Waals surface area contributed by atoms with E-state index < -0.39 is 0 Å². The Morgan fingerprint density at radius 1 is 1.06 bits per heavy atom. The number of urea groups is 1. The monoisotopic (exact) mass is 632 g/mol. The summed E-state index contributed by atoms with van der Waals surface area (Å²) in [6.07, 6.45) is 13.5. The molecule has 3 aliphatic rings. The van der Waals surface area contributed by atoms with Crippen LogP contribution in [0.15, 0.2) is 67.3 Å². The number of pyridine rings is 1. The summed E-state index contributed by atoms with van der Waals surface area (Å²) in [4.78, 5) is 31.8. The highest BCUT2D eigenvalue weighted by atomic mass is 16.5. The molecule has 1 aromatic carbocycles. The van der Waals surface area contributed by atoms with Crippen LogP contribution in [0, 0.1) is 11.3 Å². The van der Waals surface area contributed by atoms with E-state index in [0.29, 0.717) is 29.7 Å². The fraction of sp³-hybridized carbons (Fsp3) is 0.429. The SMILES string of the molecule is Cn1cc(-c2ccc(N(C(=O)NCc3ccccc3)C3CCC(Nc4ncc(C#N)c(N5CCCC6(CCO6)C5)n4)CC3)nc2)cn1. The number of hydrogen-bond acceptors (Lipinski definition) is 9. The molecular weight excluding hydrogens is 592 g/mol. The van der Waals surface area contributed by atoms with Gasteiger partial charge in [0.05, 0.1) is 24.6 Å². The maximum atomic E-state index is 13.8. The molecule has 2 aliphatic heterocycles. The van der Waals surface area contributed by atoms with E-state index in [4.69, 9.17) is 14.7 Å². The lowest BCUT2D eigenvalue weighted by molar-refractivity contribution is -0.151. The molecule has 12 nitrogen and oxygen atoms in total. The molecule has 3 fully saturated rings. The zero-order valence-electron chi connectivity index (χ0n) is 26.7. The Kier molecular flexibility index (Phi) is 8.72. The minimum atomic E-state index is -0.165. The van der Waals surface area contributed by atoms with E-state index >= 15 is 0 Å². The van der Waals surface area contributed by atoms with Crippen LogP contribution in [0.25, 0.3) is 11.1 Å². The first-order valence-electron chi connectivity index (χ1n) is 16.5. The Morgan fingerprint density at radius 3 is 2.57 bits per heavy atom. The number of nitrogens with zero attached hydrogens (tertiary/aromatic N) is 8. The number of anilines is 3. The molecule has 47 heavy (non-hydrogen) atoms. The van der Waals surface area contributed by atoms with Gasteiger partial charge < -0.3 is 20.3 Å². The second-order valence-corrected chi connectivity index (χ2v) is 12.8. The molecule has 5 heterocycles. The molecule has 7 rings (SSSR count). The van der Waals surface area contributed by atoms with Gasteiger partial charge in [0, 0.05) is 68.7 Å². The van der Waals surface area contributed by atoms with Crippen LogP contribution in [0.5, 0.6) is 0 Å². The summed E-state index contributed by atoms with van der Waals surface area (Å²) in [5, 5.41) is 20.7. The topological polar surface area (TPSA) is 137 Å². The van der Waals surface area contributed by atoms with Gasteiger partial charge in [0.15, 0.2) is 5.82 Å². The molecule has 1 atom stereocenters. The van der Waals surface area contributed by atoms with E-state index in [1.165, 1.54) is 0 Å². The van der Waals surface area contributed by atoms with Crippen molar-refractivity contribution in [2.24, 2.45) is 7.05 Å². The van der Waals surface area contributed by atoms with Gasteiger partial charge in [-0.1, -0.05) is 30.3 Å². The van der Waals surface area contributed by atoms with E-state index in [2.05, 4.69) is 31.7 Å². The Labute approximate surface area is 274 Å². The Balaban J connectivity index is 1.04.